The number of hydrogen-bond acceptors (Lipinski definition) is 3. The van der Waals surface area contributed by atoms with Crippen LogP contribution in [0.4, 0.5) is 19.3 Å². The number of anilines is 1. The summed E-state index contributed by atoms with van der Waals surface area (Å²) in [5.41, 5.74) is 1.46. The highest BCUT2D eigenvalue weighted by Crippen LogP contribution is 2.18. The second-order valence-corrected chi connectivity index (χ2v) is 5.43. The highest BCUT2D eigenvalue weighted by Gasteiger charge is 2.23. The summed E-state index contributed by atoms with van der Waals surface area (Å²) in [6.07, 6.45) is -0.372. The van der Waals surface area contributed by atoms with Crippen LogP contribution in [0.3, 0.4) is 0 Å². The van der Waals surface area contributed by atoms with E-state index in [2.05, 4.69) is 17.2 Å². The Balaban J connectivity index is 1.55. The Hall–Kier alpha value is -3.40. The first-order valence-electron chi connectivity index (χ1n) is 7.81. The van der Waals surface area contributed by atoms with Gasteiger partial charge in [0.25, 0.3) is 5.91 Å². The van der Waals surface area contributed by atoms with Crippen LogP contribution in [-0.4, -0.2) is 31.7 Å². The molecule has 0 aromatic heterocycles. The molecular formula is C19H14F2N2O3. The Bertz CT molecular complexity index is 901. The summed E-state index contributed by atoms with van der Waals surface area (Å²) >= 11 is 0. The van der Waals surface area contributed by atoms with Crippen LogP contribution in [0, 0.1) is 23.5 Å². The molecule has 0 atom stereocenters. The minimum Gasteiger partial charge on any atom is -0.447 e. The highest BCUT2D eigenvalue weighted by atomic mass is 19.2. The van der Waals surface area contributed by atoms with Crippen molar-refractivity contribution in [2.45, 2.75) is 0 Å². The van der Waals surface area contributed by atoms with Gasteiger partial charge in [0.1, 0.15) is 6.61 Å². The van der Waals surface area contributed by atoms with Crippen molar-refractivity contribution >= 4 is 17.7 Å². The Morgan fingerprint density at radius 1 is 1.15 bits per heavy atom. The fourth-order valence-corrected chi connectivity index (χ4v) is 2.36. The lowest BCUT2D eigenvalue weighted by Crippen LogP contribution is -2.23. The summed E-state index contributed by atoms with van der Waals surface area (Å²) in [6.45, 7) is 0.940. The minimum absolute atomic E-state index is 0.0209. The topological polar surface area (TPSA) is 58.6 Å². The van der Waals surface area contributed by atoms with Gasteiger partial charge in [0.05, 0.1) is 13.1 Å². The van der Waals surface area contributed by atoms with Gasteiger partial charge in [0.2, 0.25) is 0 Å². The normalized spacial score (nSPS) is 13.0. The monoisotopic (exact) mass is 356 g/mol. The van der Waals surface area contributed by atoms with E-state index in [1.165, 1.54) is 11.0 Å². The molecule has 1 aliphatic heterocycles. The number of ether oxygens (including phenoxy) is 1. The fourth-order valence-electron chi connectivity index (χ4n) is 2.36. The zero-order valence-electron chi connectivity index (χ0n) is 13.6. The van der Waals surface area contributed by atoms with Gasteiger partial charge in [-0.3, -0.25) is 9.69 Å². The zero-order chi connectivity index (χ0) is 18.5. The van der Waals surface area contributed by atoms with Gasteiger partial charge in [-0.2, -0.15) is 0 Å². The van der Waals surface area contributed by atoms with Gasteiger partial charge in [-0.05, 0) is 42.5 Å². The summed E-state index contributed by atoms with van der Waals surface area (Å²) in [4.78, 5) is 24.8. The number of rotatable bonds is 3. The Morgan fingerprint density at radius 3 is 2.58 bits per heavy atom. The summed E-state index contributed by atoms with van der Waals surface area (Å²) in [7, 11) is 0. The molecule has 1 aliphatic rings. The Morgan fingerprint density at radius 2 is 1.92 bits per heavy atom. The van der Waals surface area contributed by atoms with E-state index in [1.807, 2.05) is 0 Å². The van der Waals surface area contributed by atoms with Crippen molar-refractivity contribution in [2.24, 2.45) is 0 Å². The third-order valence-electron chi connectivity index (χ3n) is 3.69. The number of cyclic esters (lactones) is 1. The zero-order valence-corrected chi connectivity index (χ0v) is 13.6. The van der Waals surface area contributed by atoms with Gasteiger partial charge in [-0.25, -0.2) is 13.6 Å². The van der Waals surface area contributed by atoms with Gasteiger partial charge in [-0.15, -0.1) is 0 Å². The third kappa shape index (κ3) is 3.98. The molecular weight excluding hydrogens is 342 g/mol. The molecule has 3 rings (SSSR count). The molecule has 2 amide bonds. The van der Waals surface area contributed by atoms with E-state index in [4.69, 9.17) is 4.74 Å². The van der Waals surface area contributed by atoms with Gasteiger partial charge >= 0.3 is 6.09 Å². The molecule has 1 N–H and O–H groups in total. The maximum atomic E-state index is 13.1. The van der Waals surface area contributed by atoms with Crippen molar-refractivity contribution in [1.29, 1.82) is 0 Å². The summed E-state index contributed by atoms with van der Waals surface area (Å²) in [5.74, 6) is 3.01. The molecule has 26 heavy (non-hydrogen) atoms. The quantitative estimate of drug-likeness (QED) is 0.861. The van der Waals surface area contributed by atoms with E-state index in [0.717, 1.165) is 17.8 Å². The molecule has 0 saturated carbocycles. The standard InChI is InChI=1S/C19H14F2N2O3/c20-16-8-5-14(12-17(16)21)18(24)22-9-1-2-13-3-6-15(7-4-13)23-10-11-26-19(23)25/h3-8,12H,9-11H2,(H,22,24). The molecule has 1 saturated heterocycles. The maximum absolute atomic E-state index is 13.1. The summed E-state index contributed by atoms with van der Waals surface area (Å²) < 4.78 is 30.8. The van der Waals surface area contributed by atoms with Crippen molar-refractivity contribution in [3.63, 3.8) is 0 Å². The lowest BCUT2D eigenvalue weighted by Gasteiger charge is -2.11. The smallest absolute Gasteiger partial charge is 0.414 e. The number of nitrogens with zero attached hydrogens (tertiary/aromatic N) is 1. The first kappa shape index (κ1) is 17.4. The molecule has 1 fully saturated rings. The van der Waals surface area contributed by atoms with Crippen LogP contribution in [-0.2, 0) is 4.74 Å². The molecule has 7 heteroatoms. The van der Waals surface area contributed by atoms with Crippen LogP contribution in [0.2, 0.25) is 0 Å². The number of nitrogens with one attached hydrogen (secondary N) is 1. The van der Waals surface area contributed by atoms with E-state index < -0.39 is 17.5 Å². The number of hydrogen-bond donors (Lipinski definition) is 1. The second-order valence-electron chi connectivity index (χ2n) is 5.43. The third-order valence-corrected chi connectivity index (χ3v) is 3.69. The minimum atomic E-state index is -1.08. The van der Waals surface area contributed by atoms with E-state index in [1.54, 1.807) is 24.3 Å². The van der Waals surface area contributed by atoms with E-state index >= 15 is 0 Å². The summed E-state index contributed by atoms with van der Waals surface area (Å²) in [6, 6.07) is 9.96. The molecule has 0 bridgehead atoms. The van der Waals surface area contributed by atoms with Crippen LogP contribution in [0.5, 0.6) is 0 Å². The lowest BCUT2D eigenvalue weighted by molar-refractivity contribution is 0.0958. The van der Waals surface area contributed by atoms with Crippen molar-refractivity contribution in [3.8, 4) is 11.8 Å². The van der Waals surface area contributed by atoms with Crippen molar-refractivity contribution in [1.82, 2.24) is 5.32 Å². The predicted molar refractivity (Wildman–Crippen MR) is 90.7 cm³/mol. The number of carbonyl (C=O) groups excluding carboxylic acids is 2. The number of benzene rings is 2. The molecule has 0 spiro atoms. The molecule has 0 unspecified atom stereocenters. The average Bonchev–Trinajstić information content (AvgIpc) is 3.07. The molecule has 5 nitrogen and oxygen atoms in total. The van der Waals surface area contributed by atoms with Crippen LogP contribution in [0.15, 0.2) is 42.5 Å². The average molecular weight is 356 g/mol. The Labute approximate surface area is 148 Å². The van der Waals surface area contributed by atoms with Crippen molar-refractivity contribution < 1.29 is 23.1 Å². The van der Waals surface area contributed by atoms with Gasteiger partial charge in [0, 0.05) is 16.8 Å². The number of carbonyl (C=O) groups is 2. The first-order chi connectivity index (χ1) is 12.5. The SMILES string of the molecule is O=C(NCC#Cc1ccc(N2CCOC2=O)cc1)c1ccc(F)c(F)c1. The van der Waals surface area contributed by atoms with E-state index in [-0.39, 0.29) is 18.2 Å². The molecule has 0 radical (unpaired) electrons. The summed E-state index contributed by atoms with van der Waals surface area (Å²) in [5, 5.41) is 2.51. The lowest BCUT2D eigenvalue weighted by atomic mass is 10.2. The van der Waals surface area contributed by atoms with Gasteiger partial charge in [0.15, 0.2) is 11.6 Å². The molecule has 2 aromatic rings. The van der Waals surface area contributed by atoms with E-state index in [0.29, 0.717) is 18.7 Å². The van der Waals surface area contributed by atoms with Gasteiger partial charge in [-0.1, -0.05) is 11.8 Å². The highest BCUT2D eigenvalue weighted by molar-refractivity contribution is 5.94. The largest absolute Gasteiger partial charge is 0.447 e. The first-order valence-corrected chi connectivity index (χ1v) is 7.81. The maximum Gasteiger partial charge on any atom is 0.414 e. The Kier molecular flexibility index (Phi) is 5.13. The van der Waals surface area contributed by atoms with Crippen LogP contribution >= 0.6 is 0 Å². The second kappa shape index (κ2) is 7.66. The molecule has 0 aliphatic carbocycles. The van der Waals surface area contributed by atoms with Crippen LogP contribution in [0.1, 0.15) is 15.9 Å². The molecule has 132 valence electrons. The number of amides is 2. The van der Waals surface area contributed by atoms with E-state index in [9.17, 15) is 18.4 Å². The van der Waals surface area contributed by atoms with Crippen LogP contribution in [0.25, 0.3) is 0 Å². The van der Waals surface area contributed by atoms with Crippen molar-refractivity contribution in [3.05, 3.63) is 65.2 Å². The van der Waals surface area contributed by atoms with Crippen molar-refractivity contribution in [2.75, 3.05) is 24.6 Å². The predicted octanol–water partition coefficient (Wildman–Crippen LogP) is 2.70. The number of halogens is 2. The fraction of sp³-hybridized carbons (Fsp3) is 0.158. The molecule has 1 heterocycles. The van der Waals surface area contributed by atoms with Gasteiger partial charge < -0.3 is 10.1 Å². The van der Waals surface area contributed by atoms with Crippen LogP contribution < -0.4 is 10.2 Å². The molecule has 2 aromatic carbocycles.